The summed E-state index contributed by atoms with van der Waals surface area (Å²) in [6.45, 7) is 6.06. The maximum absolute atomic E-state index is 12.3. The number of pyridine rings is 1. The highest BCUT2D eigenvalue weighted by Gasteiger charge is 2.13. The third-order valence-corrected chi connectivity index (χ3v) is 6.83. The summed E-state index contributed by atoms with van der Waals surface area (Å²) in [5.74, 6) is -0.0573. The predicted octanol–water partition coefficient (Wildman–Crippen LogP) is 4.55. The zero-order valence-corrected chi connectivity index (χ0v) is 24.5. The van der Waals surface area contributed by atoms with Gasteiger partial charge < -0.3 is 38.9 Å². The zero-order valence-electron chi connectivity index (χ0n) is 24.5. The lowest BCUT2D eigenvalue weighted by atomic mass is 10.0. The van der Waals surface area contributed by atoms with Gasteiger partial charge in [-0.1, -0.05) is 12.1 Å². The van der Waals surface area contributed by atoms with Crippen molar-refractivity contribution in [1.82, 2.24) is 24.3 Å². The molecule has 0 aliphatic heterocycles. The van der Waals surface area contributed by atoms with Gasteiger partial charge in [0.25, 0.3) is 0 Å². The Bertz CT molecular complexity index is 1700. The maximum atomic E-state index is 12.3. The van der Waals surface area contributed by atoms with Crippen molar-refractivity contribution in [1.29, 1.82) is 0 Å². The van der Waals surface area contributed by atoms with Crippen LogP contribution in [0.4, 0.5) is 11.4 Å². The van der Waals surface area contributed by atoms with E-state index in [1.165, 1.54) is 0 Å². The van der Waals surface area contributed by atoms with Crippen molar-refractivity contribution < 1.29 is 24.1 Å². The van der Waals surface area contributed by atoms with Crippen LogP contribution in [-0.2, 0) is 25.5 Å². The van der Waals surface area contributed by atoms with Crippen molar-refractivity contribution in [3.63, 3.8) is 0 Å². The number of phenolic OH excluding ortho intramolecular Hbond substituents is 1. The third-order valence-electron chi connectivity index (χ3n) is 6.83. The molecule has 224 valence electrons. The van der Waals surface area contributed by atoms with Crippen molar-refractivity contribution in [2.45, 2.75) is 20.4 Å². The van der Waals surface area contributed by atoms with Gasteiger partial charge in [0.05, 0.1) is 55.5 Å². The molecular weight excluding hydrogens is 548 g/mol. The van der Waals surface area contributed by atoms with Gasteiger partial charge >= 0.3 is 0 Å². The molecule has 43 heavy (non-hydrogen) atoms. The highest BCUT2D eigenvalue weighted by atomic mass is 16.5. The lowest BCUT2D eigenvalue weighted by Gasteiger charge is -2.11. The molecule has 0 bridgehead atoms. The molecule has 0 spiro atoms. The number of rotatable bonds is 14. The number of fused-ring (bicyclic) bond motifs is 1. The number of nitrogens with zero attached hydrogens (tertiary/aromatic N) is 4. The number of imidazole rings is 2. The highest BCUT2D eigenvalue weighted by molar-refractivity contribution is 5.79. The monoisotopic (exact) mass is 584 g/mol. The van der Waals surface area contributed by atoms with Crippen LogP contribution in [0.5, 0.6) is 5.75 Å². The van der Waals surface area contributed by atoms with Gasteiger partial charge in [-0.2, -0.15) is 0 Å². The van der Waals surface area contributed by atoms with Crippen LogP contribution < -0.4 is 10.6 Å². The Hall–Kier alpha value is -4.71. The smallest absolute Gasteiger partial charge is 0.246 e. The molecule has 0 atom stereocenters. The first-order valence-electron chi connectivity index (χ1n) is 14.0. The summed E-state index contributed by atoms with van der Waals surface area (Å²) < 4.78 is 19.4. The van der Waals surface area contributed by atoms with E-state index in [1.54, 1.807) is 24.1 Å². The molecule has 0 saturated carbocycles. The van der Waals surface area contributed by atoms with Crippen molar-refractivity contribution in [3.05, 3.63) is 90.3 Å². The number of anilines is 2. The molecular formula is C32H36N6O5. The molecule has 0 fully saturated rings. The van der Waals surface area contributed by atoms with Crippen LogP contribution in [0, 0.1) is 13.8 Å². The Kier molecular flexibility index (Phi) is 9.67. The molecule has 3 aromatic heterocycles. The van der Waals surface area contributed by atoms with E-state index in [1.807, 2.05) is 79.3 Å². The van der Waals surface area contributed by atoms with Crippen molar-refractivity contribution in [2.75, 3.05) is 45.5 Å². The first-order valence-corrected chi connectivity index (χ1v) is 14.0. The minimum absolute atomic E-state index is 0.0295. The normalized spacial score (nSPS) is 11.2. The van der Waals surface area contributed by atoms with E-state index in [2.05, 4.69) is 15.6 Å². The van der Waals surface area contributed by atoms with Crippen LogP contribution in [0.3, 0.4) is 0 Å². The number of hydrogen-bond acceptors (Lipinski definition) is 8. The quantitative estimate of drug-likeness (QED) is 0.163. The Morgan fingerprint density at radius 1 is 1.00 bits per heavy atom. The molecule has 11 nitrogen and oxygen atoms in total. The summed E-state index contributed by atoms with van der Waals surface area (Å²) in [4.78, 5) is 21.4. The first kappa shape index (κ1) is 29.8. The zero-order chi connectivity index (χ0) is 30.2. The van der Waals surface area contributed by atoms with Crippen LogP contribution in [0.2, 0.25) is 0 Å². The molecule has 2 aromatic carbocycles. The topological polar surface area (TPSA) is 124 Å². The average molecular weight is 585 g/mol. The highest BCUT2D eigenvalue weighted by Crippen LogP contribution is 2.31. The minimum Gasteiger partial charge on any atom is -0.506 e. The molecule has 3 N–H and O–H groups in total. The molecule has 0 radical (unpaired) electrons. The van der Waals surface area contributed by atoms with Gasteiger partial charge in [0.15, 0.2) is 5.65 Å². The fraction of sp³-hybridized carbons (Fsp3) is 0.281. The van der Waals surface area contributed by atoms with Crippen molar-refractivity contribution >= 4 is 22.9 Å². The lowest BCUT2D eigenvalue weighted by Crippen LogP contribution is -2.27. The minimum atomic E-state index is -0.193. The number of benzene rings is 2. The lowest BCUT2D eigenvalue weighted by molar-refractivity contribution is -0.126. The first-order chi connectivity index (χ1) is 20.9. The van der Waals surface area contributed by atoms with Gasteiger partial charge in [-0.3, -0.25) is 4.79 Å². The summed E-state index contributed by atoms with van der Waals surface area (Å²) >= 11 is 0. The Labute approximate surface area is 250 Å². The van der Waals surface area contributed by atoms with Crippen molar-refractivity contribution in [2.24, 2.45) is 0 Å². The summed E-state index contributed by atoms with van der Waals surface area (Å²) in [5, 5.41) is 17.0. The van der Waals surface area contributed by atoms with Gasteiger partial charge in [0.1, 0.15) is 12.4 Å². The van der Waals surface area contributed by atoms with E-state index in [-0.39, 0.29) is 18.3 Å². The standard InChI is InChI=1S/C32H36N6O5/c1-22-6-7-24(17-33-31(40)20-43-14-13-42-12-11-41-3)15-26(22)28-19-37-10-4-5-27(32(37)36-28)35-25-8-9-29(30(39)16-25)38-18-23(2)34-21-38/h4-10,15-16,18-19,21,35,39H,11-14,17,20H2,1-3H3,(H,33,40). The van der Waals surface area contributed by atoms with Gasteiger partial charge in [-0.05, 0) is 55.3 Å². The molecule has 5 aromatic rings. The van der Waals surface area contributed by atoms with E-state index in [9.17, 15) is 9.90 Å². The maximum Gasteiger partial charge on any atom is 0.246 e. The number of amides is 1. The second-order valence-electron chi connectivity index (χ2n) is 10.1. The number of aromatic hydroxyl groups is 1. The summed E-state index contributed by atoms with van der Waals surface area (Å²) in [7, 11) is 1.62. The molecule has 1 amide bonds. The molecule has 3 heterocycles. The number of methoxy groups -OCH3 is 1. The van der Waals surface area contributed by atoms with Gasteiger partial charge in [0, 0.05) is 49.6 Å². The van der Waals surface area contributed by atoms with E-state index < -0.39 is 0 Å². The third kappa shape index (κ3) is 7.58. The molecule has 0 aliphatic rings. The largest absolute Gasteiger partial charge is 0.506 e. The van der Waals surface area contributed by atoms with Gasteiger partial charge in [0.2, 0.25) is 5.91 Å². The van der Waals surface area contributed by atoms with Crippen LogP contribution in [0.1, 0.15) is 16.8 Å². The van der Waals surface area contributed by atoms with Gasteiger partial charge in [-0.15, -0.1) is 0 Å². The SMILES string of the molecule is COCCOCCOCC(=O)NCc1ccc(C)c(-c2cn3cccc(Nc4ccc(-n5cnc(C)c5)c(O)c4)c3n2)c1. The number of nitrogens with one attached hydrogen (secondary N) is 2. The summed E-state index contributed by atoms with van der Waals surface area (Å²) in [5.41, 5.74) is 7.60. The average Bonchev–Trinajstić information content (AvgIpc) is 3.63. The van der Waals surface area contributed by atoms with E-state index in [4.69, 9.17) is 19.2 Å². The van der Waals surface area contributed by atoms with Crippen molar-refractivity contribution in [3.8, 4) is 22.7 Å². The van der Waals surface area contributed by atoms with Crippen LogP contribution >= 0.6 is 0 Å². The second kappa shape index (κ2) is 14.0. The number of phenols is 1. The van der Waals surface area contributed by atoms with E-state index in [0.29, 0.717) is 38.7 Å². The Balaban J connectivity index is 1.25. The fourth-order valence-electron chi connectivity index (χ4n) is 4.60. The van der Waals surface area contributed by atoms with E-state index in [0.717, 1.165) is 45.1 Å². The molecule has 5 rings (SSSR count). The molecule has 11 heteroatoms. The summed E-state index contributed by atoms with van der Waals surface area (Å²) in [6, 6.07) is 15.4. The molecule has 0 saturated heterocycles. The molecule has 0 unspecified atom stereocenters. The Morgan fingerprint density at radius 2 is 1.84 bits per heavy atom. The van der Waals surface area contributed by atoms with Gasteiger partial charge in [-0.25, -0.2) is 9.97 Å². The van der Waals surface area contributed by atoms with Crippen LogP contribution in [0.25, 0.3) is 22.6 Å². The Morgan fingerprint density at radius 3 is 2.63 bits per heavy atom. The predicted molar refractivity (Wildman–Crippen MR) is 164 cm³/mol. The number of aromatic nitrogens is 4. The number of aryl methyl sites for hydroxylation is 2. The number of carbonyl (C=O) groups is 1. The summed E-state index contributed by atoms with van der Waals surface area (Å²) in [6.07, 6.45) is 7.46. The second-order valence-corrected chi connectivity index (χ2v) is 10.1. The number of hydrogen-bond donors (Lipinski definition) is 3. The van der Waals surface area contributed by atoms with Crippen LogP contribution in [0.15, 0.2) is 73.4 Å². The number of ether oxygens (including phenoxy) is 3. The number of carbonyl (C=O) groups excluding carboxylic acids is 1. The van der Waals surface area contributed by atoms with Crippen LogP contribution in [-0.4, -0.2) is 70.1 Å². The van der Waals surface area contributed by atoms with E-state index >= 15 is 0 Å². The molecule has 0 aliphatic carbocycles. The fourth-order valence-corrected chi connectivity index (χ4v) is 4.60.